The van der Waals surface area contributed by atoms with Crippen LogP contribution in [0.1, 0.15) is 28.8 Å². The van der Waals surface area contributed by atoms with Gasteiger partial charge in [0.05, 0.1) is 6.61 Å². The quantitative estimate of drug-likeness (QED) is 0.850. The topological polar surface area (TPSA) is 81.5 Å². The molecular weight excluding hydrogens is 272 g/mol. The number of aromatic nitrogens is 2. The third-order valence-corrected chi connectivity index (χ3v) is 2.65. The Balaban J connectivity index is 2.26. The molecule has 1 N–H and O–H groups in total. The van der Waals surface area contributed by atoms with Gasteiger partial charge >= 0.3 is 5.97 Å². The summed E-state index contributed by atoms with van der Waals surface area (Å²) in [5.41, 5.74) is 0.824. The van der Waals surface area contributed by atoms with Crippen molar-refractivity contribution in [3.05, 3.63) is 47.4 Å². The third-order valence-electron chi connectivity index (χ3n) is 2.65. The monoisotopic (exact) mass is 288 g/mol. The number of benzene rings is 1. The Hall–Kier alpha value is -2.63. The first-order valence-electron chi connectivity index (χ1n) is 6.53. The molecule has 21 heavy (non-hydrogen) atoms. The summed E-state index contributed by atoms with van der Waals surface area (Å²) < 4.78 is 10.4. The van der Waals surface area contributed by atoms with Gasteiger partial charge in [0.15, 0.2) is 5.69 Å². The lowest BCUT2D eigenvalue weighted by Gasteiger charge is -2.11. The molecule has 0 unspecified atom stereocenters. The second kappa shape index (κ2) is 6.69. The van der Waals surface area contributed by atoms with E-state index in [9.17, 15) is 9.90 Å². The number of carbonyl (C=O) groups excluding carboxylic acids is 1. The normalized spacial score (nSPS) is 10.2. The number of hydrogen-bond acceptors (Lipinski definition) is 6. The molecule has 0 spiro atoms. The molecule has 0 fully saturated rings. The van der Waals surface area contributed by atoms with Gasteiger partial charge in [0.2, 0.25) is 5.75 Å². The molecule has 0 radical (unpaired) electrons. The zero-order chi connectivity index (χ0) is 15.2. The number of nitrogens with zero attached hydrogens (tertiary/aromatic N) is 2. The largest absolute Gasteiger partial charge is 0.491 e. The van der Waals surface area contributed by atoms with Crippen LogP contribution in [-0.2, 0) is 11.3 Å². The minimum atomic E-state index is -0.652. The number of rotatable bonds is 5. The van der Waals surface area contributed by atoms with Gasteiger partial charge in [0, 0.05) is 0 Å². The molecule has 6 heteroatoms. The van der Waals surface area contributed by atoms with E-state index in [1.54, 1.807) is 13.8 Å². The second-order valence-electron chi connectivity index (χ2n) is 4.27. The molecule has 0 saturated heterocycles. The first-order valence-corrected chi connectivity index (χ1v) is 6.53. The van der Waals surface area contributed by atoms with E-state index in [0.717, 1.165) is 5.56 Å². The lowest BCUT2D eigenvalue weighted by molar-refractivity contribution is 0.0511. The van der Waals surface area contributed by atoms with Crippen LogP contribution < -0.4 is 4.74 Å². The summed E-state index contributed by atoms with van der Waals surface area (Å²) in [7, 11) is 0. The molecule has 1 aromatic carbocycles. The maximum Gasteiger partial charge on any atom is 0.361 e. The molecule has 0 atom stereocenters. The summed E-state index contributed by atoms with van der Waals surface area (Å²) in [6.07, 6.45) is 0. The van der Waals surface area contributed by atoms with Crippen LogP contribution in [0.15, 0.2) is 30.3 Å². The highest BCUT2D eigenvalue weighted by Crippen LogP contribution is 2.28. The molecule has 0 aliphatic heterocycles. The van der Waals surface area contributed by atoms with Crippen molar-refractivity contribution in [2.24, 2.45) is 0 Å². The second-order valence-corrected chi connectivity index (χ2v) is 4.27. The van der Waals surface area contributed by atoms with Crippen molar-refractivity contribution in [1.29, 1.82) is 0 Å². The molecule has 0 aliphatic rings. The third kappa shape index (κ3) is 3.68. The van der Waals surface area contributed by atoms with E-state index in [2.05, 4.69) is 9.97 Å². The fourth-order valence-electron chi connectivity index (χ4n) is 1.75. The van der Waals surface area contributed by atoms with Gasteiger partial charge < -0.3 is 14.6 Å². The van der Waals surface area contributed by atoms with Crippen LogP contribution >= 0.6 is 0 Å². The molecular formula is C15H16N2O4. The summed E-state index contributed by atoms with van der Waals surface area (Å²) in [4.78, 5) is 19.7. The maximum absolute atomic E-state index is 11.9. The van der Waals surface area contributed by atoms with Gasteiger partial charge in [-0.05, 0) is 19.4 Å². The van der Waals surface area contributed by atoms with E-state index in [1.807, 2.05) is 30.3 Å². The lowest BCUT2D eigenvalue weighted by atomic mass is 10.2. The van der Waals surface area contributed by atoms with Crippen LogP contribution in [0.4, 0.5) is 0 Å². The molecule has 2 aromatic rings. The van der Waals surface area contributed by atoms with E-state index < -0.39 is 5.97 Å². The number of hydrogen-bond donors (Lipinski definition) is 1. The highest BCUT2D eigenvalue weighted by atomic mass is 16.5. The SMILES string of the molecule is CCOC(=O)c1nc(C)nc(O)c1OCc1ccccc1. The Kier molecular flexibility index (Phi) is 4.71. The van der Waals surface area contributed by atoms with Crippen molar-refractivity contribution in [2.75, 3.05) is 6.61 Å². The Morgan fingerprint density at radius 1 is 1.24 bits per heavy atom. The highest BCUT2D eigenvalue weighted by molar-refractivity contribution is 5.91. The van der Waals surface area contributed by atoms with E-state index in [4.69, 9.17) is 9.47 Å². The fraction of sp³-hybridized carbons (Fsp3) is 0.267. The summed E-state index contributed by atoms with van der Waals surface area (Å²) in [5, 5.41) is 9.88. The molecule has 0 bridgehead atoms. The predicted octanol–water partition coefficient (Wildman–Crippen LogP) is 2.25. The Morgan fingerprint density at radius 2 is 1.95 bits per heavy atom. The van der Waals surface area contributed by atoms with Crippen LogP contribution in [0.2, 0.25) is 0 Å². The van der Waals surface area contributed by atoms with E-state index >= 15 is 0 Å². The van der Waals surface area contributed by atoms with Gasteiger partial charge in [-0.25, -0.2) is 9.78 Å². The van der Waals surface area contributed by atoms with Gasteiger partial charge in [-0.2, -0.15) is 4.98 Å². The number of aromatic hydroxyl groups is 1. The van der Waals surface area contributed by atoms with Crippen LogP contribution in [0, 0.1) is 6.92 Å². The highest BCUT2D eigenvalue weighted by Gasteiger charge is 2.21. The first kappa shape index (κ1) is 14.8. The summed E-state index contributed by atoms with van der Waals surface area (Å²) in [6, 6.07) is 9.37. The zero-order valence-electron chi connectivity index (χ0n) is 11.9. The molecule has 110 valence electrons. The van der Waals surface area contributed by atoms with Gasteiger partial charge in [0.25, 0.3) is 5.88 Å². The van der Waals surface area contributed by atoms with Gasteiger partial charge in [-0.3, -0.25) is 0 Å². The van der Waals surface area contributed by atoms with Crippen molar-refractivity contribution in [3.8, 4) is 11.6 Å². The Bertz CT molecular complexity index is 629. The molecule has 2 rings (SSSR count). The summed E-state index contributed by atoms with van der Waals surface area (Å²) in [6.45, 7) is 3.66. The van der Waals surface area contributed by atoms with Gasteiger partial charge in [-0.15, -0.1) is 0 Å². The minimum absolute atomic E-state index is 0.0668. The van der Waals surface area contributed by atoms with Crippen LogP contribution in [0.5, 0.6) is 11.6 Å². The van der Waals surface area contributed by atoms with Crippen LogP contribution in [0.3, 0.4) is 0 Å². The van der Waals surface area contributed by atoms with Crippen molar-refractivity contribution in [3.63, 3.8) is 0 Å². The van der Waals surface area contributed by atoms with Gasteiger partial charge in [0.1, 0.15) is 12.4 Å². The van der Waals surface area contributed by atoms with E-state index in [0.29, 0.717) is 0 Å². The van der Waals surface area contributed by atoms with Crippen LogP contribution in [-0.4, -0.2) is 27.7 Å². The Labute approximate surface area is 122 Å². The smallest absolute Gasteiger partial charge is 0.361 e. The lowest BCUT2D eigenvalue weighted by Crippen LogP contribution is -2.12. The fourth-order valence-corrected chi connectivity index (χ4v) is 1.75. The van der Waals surface area contributed by atoms with Crippen molar-refractivity contribution < 1.29 is 19.4 Å². The van der Waals surface area contributed by atoms with E-state index in [1.165, 1.54) is 0 Å². The maximum atomic E-state index is 11.9. The predicted molar refractivity (Wildman–Crippen MR) is 75.2 cm³/mol. The minimum Gasteiger partial charge on any atom is -0.491 e. The van der Waals surface area contributed by atoms with Gasteiger partial charge in [-0.1, -0.05) is 30.3 Å². The molecule has 0 saturated carbocycles. The standard InChI is InChI=1S/C15H16N2O4/c1-3-20-15(19)12-13(14(18)17-10(2)16-12)21-9-11-7-5-4-6-8-11/h4-8H,3,9H2,1-2H3,(H,16,17,18). The number of esters is 1. The zero-order valence-corrected chi connectivity index (χ0v) is 11.9. The average Bonchev–Trinajstić information content (AvgIpc) is 2.47. The molecule has 1 aromatic heterocycles. The van der Waals surface area contributed by atoms with Crippen molar-refractivity contribution >= 4 is 5.97 Å². The molecule has 0 amide bonds. The van der Waals surface area contributed by atoms with Crippen molar-refractivity contribution in [2.45, 2.75) is 20.5 Å². The number of ether oxygens (including phenoxy) is 2. The number of aryl methyl sites for hydroxylation is 1. The molecule has 1 heterocycles. The van der Waals surface area contributed by atoms with E-state index in [-0.39, 0.29) is 36.4 Å². The van der Waals surface area contributed by atoms with Crippen molar-refractivity contribution in [1.82, 2.24) is 9.97 Å². The molecule has 6 nitrogen and oxygen atoms in total. The molecule has 0 aliphatic carbocycles. The Morgan fingerprint density at radius 3 is 2.62 bits per heavy atom. The summed E-state index contributed by atoms with van der Waals surface area (Å²) >= 11 is 0. The first-order chi connectivity index (χ1) is 10.1. The average molecular weight is 288 g/mol. The summed E-state index contributed by atoms with van der Waals surface area (Å²) in [5.74, 6) is -0.826. The van der Waals surface area contributed by atoms with Crippen LogP contribution in [0.25, 0.3) is 0 Å². The number of carbonyl (C=O) groups is 1.